The summed E-state index contributed by atoms with van der Waals surface area (Å²) in [6.45, 7) is 3.15. The lowest BCUT2D eigenvalue weighted by atomic mass is 9.76. The predicted molar refractivity (Wildman–Crippen MR) is 147 cm³/mol. The van der Waals surface area contributed by atoms with E-state index < -0.39 is 54.1 Å². The number of nitro benzene ring substituents is 1. The molecule has 0 unspecified atom stereocenters. The van der Waals surface area contributed by atoms with Crippen LogP contribution in [0.25, 0.3) is 0 Å². The summed E-state index contributed by atoms with van der Waals surface area (Å²) in [6, 6.07) is 10.3. The molecular formula is C24H21N5O8S3. The van der Waals surface area contributed by atoms with E-state index in [9.17, 15) is 37.7 Å². The van der Waals surface area contributed by atoms with Crippen LogP contribution >= 0.6 is 23.1 Å². The number of nitrogens with two attached hydrogens (primary N) is 1. The number of primary sulfonamides is 1. The van der Waals surface area contributed by atoms with Gasteiger partial charge in [-0.25, -0.2) is 18.5 Å². The van der Waals surface area contributed by atoms with E-state index in [2.05, 4.69) is 5.32 Å². The summed E-state index contributed by atoms with van der Waals surface area (Å²) in [7, 11) is -3.90. The minimum absolute atomic E-state index is 0.125. The van der Waals surface area contributed by atoms with E-state index in [0.717, 1.165) is 28.0 Å². The standard InChI is InChI=1S/C24H21N5O8S3/c1-24(2)17-18(21(32)28(20(17)31)13-5-7-14(8-6-13)29(34)35)38-22-19(24)39-23(33)27(22)11-16(30)26-12-3-9-15(10-4-12)40(25,36)37/h3-10,17-18H,11H2,1-2H3,(H,26,30)(H2,25,36,37)/t17-,18+/m1/s1. The Balaban J connectivity index is 1.41. The number of thioether (sulfide) groups is 1. The Hall–Kier alpha value is -3.86. The molecule has 13 nitrogen and oxygen atoms in total. The molecular weight excluding hydrogens is 582 g/mol. The lowest BCUT2D eigenvalue weighted by molar-refractivity contribution is -0.384. The Kier molecular flexibility index (Phi) is 6.68. The third-order valence-electron chi connectivity index (χ3n) is 6.79. The van der Waals surface area contributed by atoms with Crippen LogP contribution in [0.5, 0.6) is 0 Å². The molecule has 3 amide bonds. The van der Waals surface area contributed by atoms with Crippen molar-refractivity contribution in [2.75, 3.05) is 10.2 Å². The van der Waals surface area contributed by atoms with Crippen LogP contribution in [0.3, 0.4) is 0 Å². The Bertz CT molecular complexity index is 1740. The number of hydrogen-bond acceptors (Lipinski definition) is 10. The number of non-ortho nitro benzene ring substituents is 1. The van der Waals surface area contributed by atoms with Gasteiger partial charge in [0.1, 0.15) is 11.8 Å². The summed E-state index contributed by atoms with van der Waals surface area (Å²) in [5.41, 5.74) is -0.611. The first-order valence-electron chi connectivity index (χ1n) is 11.7. The van der Waals surface area contributed by atoms with E-state index >= 15 is 0 Å². The maximum Gasteiger partial charge on any atom is 0.308 e. The Morgan fingerprint density at radius 3 is 2.27 bits per heavy atom. The number of carbonyl (C=O) groups excluding carboxylic acids is 3. The first-order chi connectivity index (χ1) is 18.7. The van der Waals surface area contributed by atoms with Crippen molar-refractivity contribution in [3.8, 4) is 0 Å². The molecule has 2 aliphatic heterocycles. The zero-order chi connectivity index (χ0) is 29.1. The van der Waals surface area contributed by atoms with Crippen LogP contribution in [0, 0.1) is 16.0 Å². The van der Waals surface area contributed by atoms with Crippen molar-refractivity contribution in [2.45, 2.75) is 41.0 Å². The van der Waals surface area contributed by atoms with E-state index in [1.54, 1.807) is 13.8 Å². The number of rotatable bonds is 6. The third kappa shape index (κ3) is 4.61. The number of fused-ring (bicyclic) bond motifs is 2. The van der Waals surface area contributed by atoms with E-state index in [0.29, 0.717) is 9.90 Å². The number of anilines is 2. The maximum absolute atomic E-state index is 13.5. The average molecular weight is 604 g/mol. The van der Waals surface area contributed by atoms with Crippen LogP contribution in [-0.4, -0.2) is 40.9 Å². The molecule has 1 aromatic heterocycles. The van der Waals surface area contributed by atoms with Gasteiger partial charge in [-0.05, 0) is 36.4 Å². The second kappa shape index (κ2) is 9.65. The number of benzene rings is 2. The topological polar surface area (TPSA) is 192 Å². The SMILES string of the molecule is CC1(C)c2sc(=O)n(CC(=O)Nc3ccc(S(N)(=O)=O)cc3)c2S[C@@H]2C(=O)N(c3ccc([N+](=O)[O-])cc3)C(=O)[C@@H]21. The summed E-state index contributed by atoms with van der Waals surface area (Å²) in [5.74, 6) is -2.35. The highest BCUT2D eigenvalue weighted by atomic mass is 32.2. The van der Waals surface area contributed by atoms with Crippen molar-refractivity contribution in [2.24, 2.45) is 11.1 Å². The monoisotopic (exact) mass is 603 g/mol. The van der Waals surface area contributed by atoms with Gasteiger partial charge in [0.2, 0.25) is 27.7 Å². The fraction of sp³-hybridized carbons (Fsp3) is 0.250. The molecule has 1 saturated heterocycles. The van der Waals surface area contributed by atoms with E-state index in [1.807, 2.05) is 0 Å². The van der Waals surface area contributed by atoms with Gasteiger partial charge in [-0.15, -0.1) is 0 Å². The lowest BCUT2D eigenvalue weighted by Gasteiger charge is -2.36. The average Bonchev–Trinajstić information content (AvgIpc) is 3.32. The van der Waals surface area contributed by atoms with Gasteiger partial charge in [0.05, 0.1) is 26.5 Å². The van der Waals surface area contributed by atoms with E-state index in [4.69, 9.17) is 5.14 Å². The highest BCUT2D eigenvalue weighted by Crippen LogP contribution is 2.54. The normalized spacial score (nSPS) is 19.7. The van der Waals surface area contributed by atoms with Gasteiger partial charge in [-0.3, -0.25) is 33.9 Å². The Morgan fingerprint density at radius 2 is 1.70 bits per heavy atom. The molecule has 1 fully saturated rings. The molecule has 0 radical (unpaired) electrons. The summed E-state index contributed by atoms with van der Waals surface area (Å²) < 4.78 is 24.1. The maximum atomic E-state index is 13.5. The molecule has 3 heterocycles. The number of amides is 3. The van der Waals surface area contributed by atoms with Crippen LogP contribution < -0.4 is 20.2 Å². The largest absolute Gasteiger partial charge is 0.325 e. The number of sulfonamides is 1. The summed E-state index contributed by atoms with van der Waals surface area (Å²) in [4.78, 5) is 64.3. The highest BCUT2D eigenvalue weighted by molar-refractivity contribution is 8.00. The Morgan fingerprint density at radius 1 is 1.07 bits per heavy atom. The molecule has 2 atom stereocenters. The van der Waals surface area contributed by atoms with Crippen molar-refractivity contribution in [1.29, 1.82) is 0 Å². The number of hydrogen-bond donors (Lipinski definition) is 2. The van der Waals surface area contributed by atoms with Gasteiger partial charge in [0.25, 0.3) is 5.69 Å². The van der Waals surface area contributed by atoms with Gasteiger partial charge >= 0.3 is 4.87 Å². The van der Waals surface area contributed by atoms with Gasteiger partial charge < -0.3 is 5.32 Å². The molecule has 3 N–H and O–H groups in total. The number of nitrogens with one attached hydrogen (secondary N) is 1. The van der Waals surface area contributed by atoms with Gasteiger partial charge in [0.15, 0.2) is 0 Å². The molecule has 2 aromatic carbocycles. The number of imide groups is 1. The number of aromatic nitrogens is 1. The molecule has 208 valence electrons. The third-order valence-corrected chi connectivity index (χ3v) is 10.5. The van der Waals surface area contributed by atoms with Crippen molar-refractivity contribution >= 4 is 67.9 Å². The minimum Gasteiger partial charge on any atom is -0.325 e. The summed E-state index contributed by atoms with van der Waals surface area (Å²) in [6.07, 6.45) is 0. The molecule has 40 heavy (non-hydrogen) atoms. The van der Waals surface area contributed by atoms with E-state index in [-0.39, 0.29) is 28.5 Å². The molecule has 5 rings (SSSR count). The number of thiazole rings is 1. The molecule has 0 saturated carbocycles. The first kappa shape index (κ1) is 27.7. The van der Waals surface area contributed by atoms with Gasteiger partial charge in [0, 0.05) is 28.1 Å². The van der Waals surface area contributed by atoms with E-state index in [1.165, 1.54) is 53.1 Å². The smallest absolute Gasteiger partial charge is 0.308 e. The molecule has 16 heteroatoms. The summed E-state index contributed by atoms with van der Waals surface area (Å²) in [5, 5.41) is 18.2. The minimum atomic E-state index is -3.90. The van der Waals surface area contributed by atoms with Crippen LogP contribution in [0.15, 0.2) is 63.2 Å². The fourth-order valence-corrected chi connectivity index (χ4v) is 8.37. The first-order valence-corrected chi connectivity index (χ1v) is 14.9. The van der Waals surface area contributed by atoms with Crippen LogP contribution in [0.1, 0.15) is 18.7 Å². The zero-order valence-electron chi connectivity index (χ0n) is 20.9. The molecule has 0 bridgehead atoms. The lowest BCUT2D eigenvalue weighted by Crippen LogP contribution is -2.41. The van der Waals surface area contributed by atoms with Crippen LogP contribution in [-0.2, 0) is 36.4 Å². The second-order valence-corrected chi connectivity index (χ2v) is 13.4. The number of nitro groups is 1. The molecule has 2 aliphatic rings. The zero-order valence-corrected chi connectivity index (χ0v) is 23.3. The van der Waals surface area contributed by atoms with Gasteiger partial charge in [-0.1, -0.05) is 36.9 Å². The number of carbonyl (C=O) groups is 3. The molecule has 0 aliphatic carbocycles. The molecule has 3 aromatic rings. The predicted octanol–water partition coefficient (Wildman–Crippen LogP) is 2.05. The second-order valence-electron chi connectivity index (χ2n) is 9.73. The van der Waals surface area contributed by atoms with Crippen molar-refractivity contribution < 1.29 is 27.7 Å². The summed E-state index contributed by atoms with van der Waals surface area (Å²) >= 11 is 1.94. The van der Waals surface area contributed by atoms with Crippen molar-refractivity contribution in [1.82, 2.24) is 4.57 Å². The van der Waals surface area contributed by atoms with Gasteiger partial charge in [-0.2, -0.15) is 0 Å². The number of nitrogens with zero attached hydrogens (tertiary/aromatic N) is 3. The van der Waals surface area contributed by atoms with Crippen molar-refractivity contribution in [3.05, 3.63) is 73.2 Å². The van der Waals surface area contributed by atoms with Crippen LogP contribution in [0.4, 0.5) is 17.1 Å². The fourth-order valence-electron chi connectivity index (χ4n) is 4.82. The quantitative estimate of drug-likeness (QED) is 0.241. The van der Waals surface area contributed by atoms with Crippen LogP contribution in [0.2, 0.25) is 0 Å². The molecule has 0 spiro atoms. The van der Waals surface area contributed by atoms with Crippen molar-refractivity contribution in [3.63, 3.8) is 0 Å². The Labute approximate surface area is 235 Å². The highest BCUT2D eigenvalue weighted by Gasteiger charge is 2.59.